The van der Waals surface area contributed by atoms with Crippen LogP contribution in [0.25, 0.3) is 0 Å². The summed E-state index contributed by atoms with van der Waals surface area (Å²) in [6, 6.07) is 18.4. The van der Waals surface area contributed by atoms with Gasteiger partial charge < -0.3 is 14.5 Å². The van der Waals surface area contributed by atoms with Crippen LogP contribution >= 0.6 is 0 Å². The summed E-state index contributed by atoms with van der Waals surface area (Å²) in [7, 11) is 1.62. The number of likely N-dealkylation sites (N-methyl/N-ethyl adjacent to an activating group) is 1. The molecule has 0 N–H and O–H groups in total. The molecule has 2 atom stereocenters. The van der Waals surface area contributed by atoms with Crippen molar-refractivity contribution in [3.05, 3.63) is 71.8 Å². The van der Waals surface area contributed by atoms with Gasteiger partial charge in [0.1, 0.15) is 18.1 Å². The van der Waals surface area contributed by atoms with E-state index in [1.54, 1.807) is 11.9 Å². The minimum atomic E-state index is -0.547. The van der Waals surface area contributed by atoms with Gasteiger partial charge in [0.25, 0.3) is 0 Å². The number of carbonyl (C=O) groups excluding carboxylic acids is 3. The molecule has 0 radical (unpaired) electrons. The lowest BCUT2D eigenvalue weighted by Crippen LogP contribution is -2.55. The normalized spacial score (nSPS) is 21.8. The molecule has 28 heavy (non-hydrogen) atoms. The van der Waals surface area contributed by atoms with Crippen molar-refractivity contribution in [3.63, 3.8) is 0 Å². The number of fused-ring (bicyclic) bond motifs is 1. The SMILES string of the molecule is CN1CC(=O)N2C[C@@H](OC(=O)C(c3ccccc3)c3ccccc3)C[C@H]2C1=O. The Balaban J connectivity index is 1.54. The van der Waals surface area contributed by atoms with Crippen molar-refractivity contribution in [3.8, 4) is 0 Å². The molecule has 0 aliphatic carbocycles. The third-order valence-corrected chi connectivity index (χ3v) is 5.40. The molecule has 0 unspecified atom stereocenters. The van der Waals surface area contributed by atoms with Gasteiger partial charge in [-0.05, 0) is 11.1 Å². The van der Waals surface area contributed by atoms with E-state index in [4.69, 9.17) is 4.74 Å². The molecule has 0 aromatic heterocycles. The van der Waals surface area contributed by atoms with Crippen molar-refractivity contribution in [1.29, 1.82) is 0 Å². The highest BCUT2D eigenvalue weighted by Gasteiger charge is 2.46. The van der Waals surface area contributed by atoms with Crippen LogP contribution in [0.15, 0.2) is 60.7 Å². The predicted molar refractivity (Wildman–Crippen MR) is 102 cm³/mol. The van der Waals surface area contributed by atoms with Gasteiger partial charge in [0.15, 0.2) is 0 Å². The highest BCUT2D eigenvalue weighted by molar-refractivity contribution is 5.95. The smallest absolute Gasteiger partial charge is 0.318 e. The van der Waals surface area contributed by atoms with E-state index in [1.807, 2.05) is 60.7 Å². The summed E-state index contributed by atoms with van der Waals surface area (Å²) in [5.74, 6) is -1.11. The van der Waals surface area contributed by atoms with Crippen LogP contribution in [-0.2, 0) is 19.1 Å². The molecule has 144 valence electrons. The number of ether oxygens (including phenoxy) is 1. The van der Waals surface area contributed by atoms with Crippen LogP contribution in [0.3, 0.4) is 0 Å². The zero-order valence-corrected chi connectivity index (χ0v) is 15.7. The summed E-state index contributed by atoms with van der Waals surface area (Å²) in [4.78, 5) is 40.7. The zero-order valence-electron chi connectivity index (χ0n) is 15.7. The minimum Gasteiger partial charge on any atom is -0.460 e. The third-order valence-electron chi connectivity index (χ3n) is 5.40. The fraction of sp³-hybridized carbons (Fsp3) is 0.318. The molecule has 0 spiro atoms. The van der Waals surface area contributed by atoms with Gasteiger partial charge in [0.2, 0.25) is 11.8 Å². The van der Waals surface area contributed by atoms with Crippen molar-refractivity contribution in [2.45, 2.75) is 24.5 Å². The lowest BCUT2D eigenvalue weighted by atomic mass is 9.91. The average Bonchev–Trinajstić information content (AvgIpc) is 3.12. The Hall–Kier alpha value is -3.15. The molecule has 6 nitrogen and oxygen atoms in total. The summed E-state index contributed by atoms with van der Waals surface area (Å²) in [5, 5.41) is 0. The van der Waals surface area contributed by atoms with Crippen LogP contribution < -0.4 is 0 Å². The molecule has 2 saturated heterocycles. The Labute approximate surface area is 163 Å². The number of benzene rings is 2. The minimum absolute atomic E-state index is 0.0760. The second-order valence-corrected chi connectivity index (χ2v) is 7.31. The Bertz CT molecular complexity index is 844. The van der Waals surface area contributed by atoms with Gasteiger partial charge in [-0.1, -0.05) is 60.7 Å². The van der Waals surface area contributed by atoms with Gasteiger partial charge in [-0.3, -0.25) is 14.4 Å². The number of hydrogen-bond donors (Lipinski definition) is 0. The molecule has 6 heteroatoms. The van der Waals surface area contributed by atoms with E-state index in [-0.39, 0.29) is 30.9 Å². The first-order valence-electron chi connectivity index (χ1n) is 9.39. The van der Waals surface area contributed by atoms with E-state index < -0.39 is 18.1 Å². The molecule has 2 aromatic carbocycles. The van der Waals surface area contributed by atoms with Crippen LogP contribution in [0.4, 0.5) is 0 Å². The maximum absolute atomic E-state index is 13.1. The van der Waals surface area contributed by atoms with Gasteiger partial charge in [-0.15, -0.1) is 0 Å². The number of rotatable bonds is 4. The Kier molecular flexibility index (Phi) is 4.86. The van der Waals surface area contributed by atoms with Crippen LogP contribution in [0.2, 0.25) is 0 Å². The van der Waals surface area contributed by atoms with Crippen molar-refractivity contribution in [2.75, 3.05) is 20.1 Å². The van der Waals surface area contributed by atoms with Crippen molar-refractivity contribution >= 4 is 17.8 Å². The van der Waals surface area contributed by atoms with Crippen molar-refractivity contribution in [1.82, 2.24) is 9.80 Å². The molecule has 0 bridgehead atoms. The zero-order chi connectivity index (χ0) is 19.7. The summed E-state index contributed by atoms with van der Waals surface area (Å²) in [6.07, 6.45) is -0.136. The number of amides is 2. The van der Waals surface area contributed by atoms with Gasteiger partial charge in [-0.2, -0.15) is 0 Å². The van der Waals surface area contributed by atoms with Gasteiger partial charge in [-0.25, -0.2) is 0 Å². The number of piperazine rings is 1. The topological polar surface area (TPSA) is 66.9 Å². The second-order valence-electron chi connectivity index (χ2n) is 7.31. The highest BCUT2D eigenvalue weighted by atomic mass is 16.5. The maximum atomic E-state index is 13.1. The summed E-state index contributed by atoms with van der Waals surface area (Å²) in [5.41, 5.74) is 1.70. The van der Waals surface area contributed by atoms with Crippen molar-refractivity contribution < 1.29 is 19.1 Å². The Morgan fingerprint density at radius 2 is 1.57 bits per heavy atom. The Morgan fingerprint density at radius 1 is 1.00 bits per heavy atom. The van der Waals surface area contributed by atoms with E-state index in [0.717, 1.165) is 11.1 Å². The van der Waals surface area contributed by atoms with Crippen LogP contribution in [-0.4, -0.2) is 59.9 Å². The molecule has 2 aromatic rings. The second kappa shape index (κ2) is 7.46. The first-order valence-corrected chi connectivity index (χ1v) is 9.39. The quantitative estimate of drug-likeness (QED) is 0.761. The van der Waals surface area contributed by atoms with E-state index in [9.17, 15) is 14.4 Å². The molecule has 2 aliphatic rings. The number of hydrogen-bond acceptors (Lipinski definition) is 4. The van der Waals surface area contributed by atoms with Gasteiger partial charge in [0.05, 0.1) is 13.1 Å². The van der Waals surface area contributed by atoms with Gasteiger partial charge in [0, 0.05) is 13.5 Å². The first kappa shape index (κ1) is 18.2. The monoisotopic (exact) mass is 378 g/mol. The molecule has 4 rings (SSSR count). The van der Waals surface area contributed by atoms with Gasteiger partial charge >= 0.3 is 5.97 Å². The van der Waals surface area contributed by atoms with E-state index in [2.05, 4.69) is 0 Å². The predicted octanol–water partition coefficient (Wildman–Crippen LogP) is 1.80. The molecule has 2 amide bonds. The van der Waals surface area contributed by atoms with E-state index >= 15 is 0 Å². The molecular weight excluding hydrogens is 356 g/mol. The molecule has 0 saturated carbocycles. The third kappa shape index (κ3) is 3.38. The number of carbonyl (C=O) groups is 3. The average molecular weight is 378 g/mol. The van der Waals surface area contributed by atoms with E-state index in [0.29, 0.717) is 6.42 Å². The standard InChI is InChI=1S/C22H22N2O4/c1-23-14-19(25)24-13-17(12-18(24)21(23)26)28-22(27)20(15-8-4-2-5-9-15)16-10-6-3-7-11-16/h2-11,17-18,20H,12-14H2,1H3/t17-,18-/m0/s1. The van der Waals surface area contributed by atoms with Crippen molar-refractivity contribution in [2.24, 2.45) is 0 Å². The number of esters is 1. The summed E-state index contributed by atoms with van der Waals surface area (Å²) < 4.78 is 5.80. The highest BCUT2D eigenvalue weighted by Crippen LogP contribution is 2.30. The first-order chi connectivity index (χ1) is 13.5. The number of nitrogens with zero attached hydrogens (tertiary/aromatic N) is 2. The molecule has 2 fully saturated rings. The summed E-state index contributed by atoms with van der Waals surface area (Å²) in [6.45, 7) is 0.345. The lowest BCUT2D eigenvalue weighted by Gasteiger charge is -2.33. The largest absolute Gasteiger partial charge is 0.460 e. The van der Waals surface area contributed by atoms with Crippen LogP contribution in [0.1, 0.15) is 23.5 Å². The van der Waals surface area contributed by atoms with Crippen LogP contribution in [0, 0.1) is 0 Å². The van der Waals surface area contributed by atoms with E-state index in [1.165, 1.54) is 4.90 Å². The molecular formula is C22H22N2O4. The Morgan fingerprint density at radius 3 is 2.14 bits per heavy atom. The fourth-order valence-corrected chi connectivity index (χ4v) is 4.01. The molecule has 2 aliphatic heterocycles. The fourth-order valence-electron chi connectivity index (χ4n) is 4.01. The molecule has 2 heterocycles. The lowest BCUT2D eigenvalue weighted by molar-refractivity contribution is -0.152. The van der Waals surface area contributed by atoms with Crippen LogP contribution in [0.5, 0.6) is 0 Å². The maximum Gasteiger partial charge on any atom is 0.318 e. The summed E-state index contributed by atoms with van der Waals surface area (Å²) >= 11 is 0.